The lowest BCUT2D eigenvalue weighted by Crippen LogP contribution is -2.41. The van der Waals surface area contributed by atoms with E-state index in [0.717, 1.165) is 32.7 Å². The molecule has 0 amide bonds. The van der Waals surface area contributed by atoms with Crippen LogP contribution in [0.4, 0.5) is 0 Å². The lowest BCUT2D eigenvalue weighted by Gasteiger charge is -2.27. The Morgan fingerprint density at radius 3 is 2.74 bits per heavy atom. The maximum Gasteiger partial charge on any atom is 0.0477 e. The second-order valence-corrected chi connectivity index (χ2v) is 5.63. The lowest BCUT2D eigenvalue weighted by atomic mass is 10.3. The van der Waals surface area contributed by atoms with Gasteiger partial charge < -0.3 is 19.9 Å². The molecule has 0 aromatic carbocycles. The zero-order chi connectivity index (χ0) is 13.9. The highest BCUT2D eigenvalue weighted by molar-refractivity contribution is 4.71. The average Bonchev–Trinajstić information content (AvgIpc) is 2.93. The Hall–Kier alpha value is -0.160. The molecule has 1 N–H and O–H groups in total. The average molecular weight is 271 g/mol. The van der Waals surface area contributed by atoms with Gasteiger partial charge in [0.2, 0.25) is 0 Å². The predicted octanol–water partition coefficient (Wildman–Crippen LogP) is 1.42. The van der Waals surface area contributed by atoms with E-state index in [2.05, 4.69) is 29.1 Å². The summed E-state index contributed by atoms with van der Waals surface area (Å²) in [6.07, 6.45) is 3.89. The lowest BCUT2D eigenvalue weighted by molar-refractivity contribution is 0.144. The second kappa shape index (κ2) is 10.6. The van der Waals surface area contributed by atoms with Gasteiger partial charge in [-0.2, -0.15) is 0 Å². The molecule has 0 radical (unpaired) electrons. The molecule has 0 aromatic rings. The third-order valence-corrected chi connectivity index (χ3v) is 4.01. The van der Waals surface area contributed by atoms with Crippen molar-refractivity contribution in [1.29, 1.82) is 0 Å². The van der Waals surface area contributed by atoms with Gasteiger partial charge in [-0.05, 0) is 59.8 Å². The van der Waals surface area contributed by atoms with Crippen molar-refractivity contribution in [2.24, 2.45) is 0 Å². The molecule has 1 rings (SSSR count). The zero-order valence-electron chi connectivity index (χ0n) is 13.2. The van der Waals surface area contributed by atoms with Gasteiger partial charge in [0.1, 0.15) is 0 Å². The Balaban J connectivity index is 1.96. The van der Waals surface area contributed by atoms with Crippen molar-refractivity contribution >= 4 is 0 Å². The Morgan fingerprint density at radius 1 is 1.32 bits per heavy atom. The number of ether oxygens (including phenoxy) is 1. The Morgan fingerprint density at radius 2 is 2.05 bits per heavy atom. The molecule has 114 valence electrons. The van der Waals surface area contributed by atoms with Crippen LogP contribution in [-0.4, -0.2) is 75.4 Å². The molecule has 1 aliphatic heterocycles. The molecule has 0 spiro atoms. The van der Waals surface area contributed by atoms with E-state index in [1.54, 1.807) is 0 Å². The fourth-order valence-electron chi connectivity index (χ4n) is 2.44. The molecule has 1 unspecified atom stereocenters. The van der Waals surface area contributed by atoms with Gasteiger partial charge in [0.15, 0.2) is 0 Å². The minimum absolute atomic E-state index is 0.606. The summed E-state index contributed by atoms with van der Waals surface area (Å²) in [5, 5.41) is 3.52. The standard InChI is InChI=1S/C15H33N3O/c1-4-19-13-7-8-16-14-15(2)17(3)11-12-18-9-5-6-10-18/h15-16H,4-14H2,1-3H3. The van der Waals surface area contributed by atoms with Crippen LogP contribution < -0.4 is 5.32 Å². The molecule has 1 fully saturated rings. The highest BCUT2D eigenvalue weighted by atomic mass is 16.5. The first-order valence-corrected chi connectivity index (χ1v) is 7.95. The number of nitrogens with zero attached hydrogens (tertiary/aromatic N) is 2. The van der Waals surface area contributed by atoms with Gasteiger partial charge in [-0.25, -0.2) is 0 Å². The largest absolute Gasteiger partial charge is 0.382 e. The first-order chi connectivity index (χ1) is 9.24. The highest BCUT2D eigenvalue weighted by Gasteiger charge is 2.14. The van der Waals surface area contributed by atoms with E-state index in [4.69, 9.17) is 4.74 Å². The van der Waals surface area contributed by atoms with Crippen molar-refractivity contribution in [1.82, 2.24) is 15.1 Å². The number of hydrogen-bond donors (Lipinski definition) is 1. The van der Waals surface area contributed by atoms with Crippen LogP contribution in [0, 0.1) is 0 Å². The molecule has 0 aliphatic carbocycles. The third kappa shape index (κ3) is 7.88. The van der Waals surface area contributed by atoms with Gasteiger partial charge in [0.25, 0.3) is 0 Å². The van der Waals surface area contributed by atoms with Gasteiger partial charge in [0.05, 0.1) is 0 Å². The maximum absolute atomic E-state index is 5.33. The smallest absolute Gasteiger partial charge is 0.0477 e. The zero-order valence-corrected chi connectivity index (χ0v) is 13.2. The molecule has 0 saturated carbocycles. The first kappa shape index (κ1) is 16.9. The summed E-state index contributed by atoms with van der Waals surface area (Å²) in [6.45, 7) is 13.2. The van der Waals surface area contributed by atoms with Crippen LogP contribution in [0.1, 0.15) is 33.1 Å². The topological polar surface area (TPSA) is 27.7 Å². The van der Waals surface area contributed by atoms with E-state index < -0.39 is 0 Å². The fourth-order valence-corrected chi connectivity index (χ4v) is 2.44. The monoisotopic (exact) mass is 271 g/mol. The summed E-state index contributed by atoms with van der Waals surface area (Å²) in [5.74, 6) is 0. The number of likely N-dealkylation sites (tertiary alicyclic amines) is 1. The van der Waals surface area contributed by atoms with Crippen LogP contribution in [0.25, 0.3) is 0 Å². The molecule has 0 aromatic heterocycles. The van der Waals surface area contributed by atoms with E-state index >= 15 is 0 Å². The molecule has 0 bridgehead atoms. The highest BCUT2D eigenvalue weighted by Crippen LogP contribution is 2.06. The quantitative estimate of drug-likeness (QED) is 0.575. The van der Waals surface area contributed by atoms with Crippen molar-refractivity contribution in [3.8, 4) is 0 Å². The molecule has 1 atom stereocenters. The third-order valence-electron chi connectivity index (χ3n) is 4.01. The van der Waals surface area contributed by atoms with Crippen molar-refractivity contribution in [2.75, 3.05) is 59.5 Å². The van der Waals surface area contributed by atoms with Gasteiger partial charge >= 0.3 is 0 Å². The first-order valence-electron chi connectivity index (χ1n) is 7.95. The van der Waals surface area contributed by atoms with E-state index in [0.29, 0.717) is 6.04 Å². The van der Waals surface area contributed by atoms with Crippen molar-refractivity contribution in [2.45, 2.75) is 39.2 Å². The molecular weight excluding hydrogens is 238 g/mol. The summed E-state index contributed by atoms with van der Waals surface area (Å²) < 4.78 is 5.33. The number of likely N-dealkylation sites (N-methyl/N-ethyl adjacent to an activating group) is 1. The molecule has 4 heteroatoms. The van der Waals surface area contributed by atoms with E-state index in [-0.39, 0.29) is 0 Å². The Labute approximate surface area is 119 Å². The van der Waals surface area contributed by atoms with E-state index in [1.807, 2.05) is 6.92 Å². The van der Waals surface area contributed by atoms with Crippen LogP contribution >= 0.6 is 0 Å². The van der Waals surface area contributed by atoms with Crippen LogP contribution in [0.15, 0.2) is 0 Å². The van der Waals surface area contributed by atoms with Crippen LogP contribution in [-0.2, 0) is 4.74 Å². The fraction of sp³-hybridized carbons (Fsp3) is 1.00. The summed E-state index contributed by atoms with van der Waals surface area (Å²) in [4.78, 5) is 5.05. The summed E-state index contributed by atoms with van der Waals surface area (Å²) in [5.41, 5.74) is 0. The predicted molar refractivity (Wildman–Crippen MR) is 81.7 cm³/mol. The minimum atomic E-state index is 0.606. The van der Waals surface area contributed by atoms with E-state index in [1.165, 1.54) is 39.0 Å². The van der Waals surface area contributed by atoms with Gasteiger partial charge in [-0.1, -0.05) is 0 Å². The molecule has 19 heavy (non-hydrogen) atoms. The maximum atomic E-state index is 5.33. The number of nitrogens with one attached hydrogen (secondary N) is 1. The summed E-state index contributed by atoms with van der Waals surface area (Å²) in [7, 11) is 2.24. The van der Waals surface area contributed by atoms with Gasteiger partial charge in [-0.3, -0.25) is 0 Å². The molecule has 1 saturated heterocycles. The minimum Gasteiger partial charge on any atom is -0.382 e. The van der Waals surface area contributed by atoms with Crippen molar-refractivity contribution < 1.29 is 4.74 Å². The molecular formula is C15H33N3O. The Bertz CT molecular complexity index is 208. The summed E-state index contributed by atoms with van der Waals surface area (Å²) in [6, 6.07) is 0.606. The van der Waals surface area contributed by atoms with Crippen LogP contribution in [0.5, 0.6) is 0 Å². The Kier molecular flexibility index (Phi) is 9.43. The number of hydrogen-bond acceptors (Lipinski definition) is 4. The molecule has 1 aliphatic rings. The van der Waals surface area contributed by atoms with Crippen molar-refractivity contribution in [3.05, 3.63) is 0 Å². The van der Waals surface area contributed by atoms with Crippen LogP contribution in [0.3, 0.4) is 0 Å². The molecule has 4 nitrogen and oxygen atoms in total. The summed E-state index contributed by atoms with van der Waals surface area (Å²) >= 11 is 0. The van der Waals surface area contributed by atoms with Crippen LogP contribution in [0.2, 0.25) is 0 Å². The number of rotatable bonds is 11. The molecule has 1 heterocycles. The second-order valence-electron chi connectivity index (χ2n) is 5.63. The SMILES string of the molecule is CCOCCCNCC(C)N(C)CCN1CCCC1. The normalized spacial score (nSPS) is 18.3. The van der Waals surface area contributed by atoms with Gasteiger partial charge in [-0.15, -0.1) is 0 Å². The van der Waals surface area contributed by atoms with Gasteiger partial charge in [0, 0.05) is 38.9 Å². The van der Waals surface area contributed by atoms with Crippen molar-refractivity contribution in [3.63, 3.8) is 0 Å². The van der Waals surface area contributed by atoms with E-state index in [9.17, 15) is 0 Å².